The summed E-state index contributed by atoms with van der Waals surface area (Å²) >= 11 is 0. The molecule has 1 N–H and O–H groups in total. The Hall–Kier alpha value is -3.36. The van der Waals surface area contributed by atoms with Crippen LogP contribution in [0.25, 0.3) is 11.4 Å². The van der Waals surface area contributed by atoms with Crippen molar-refractivity contribution in [2.45, 2.75) is 6.18 Å². The van der Waals surface area contributed by atoms with E-state index in [2.05, 4.69) is 20.3 Å². The van der Waals surface area contributed by atoms with Gasteiger partial charge in [0.1, 0.15) is 17.3 Å². The van der Waals surface area contributed by atoms with Gasteiger partial charge in [0.05, 0.1) is 19.9 Å². The van der Waals surface area contributed by atoms with Crippen LogP contribution in [0.1, 0.15) is 5.69 Å². The lowest BCUT2D eigenvalue weighted by molar-refractivity contribution is -0.141. The molecule has 0 saturated heterocycles. The van der Waals surface area contributed by atoms with E-state index < -0.39 is 11.9 Å². The predicted molar refractivity (Wildman–Crippen MR) is 93.1 cm³/mol. The van der Waals surface area contributed by atoms with E-state index in [9.17, 15) is 13.2 Å². The van der Waals surface area contributed by atoms with E-state index in [1.807, 2.05) is 0 Å². The van der Waals surface area contributed by atoms with E-state index in [0.717, 1.165) is 6.07 Å². The first kappa shape index (κ1) is 18.4. The molecule has 0 aliphatic heterocycles. The molecule has 0 aliphatic carbocycles. The van der Waals surface area contributed by atoms with Crippen molar-refractivity contribution in [1.29, 1.82) is 0 Å². The zero-order valence-electron chi connectivity index (χ0n) is 14.4. The summed E-state index contributed by atoms with van der Waals surface area (Å²) in [5, 5.41) is 2.85. The molecule has 0 unspecified atom stereocenters. The quantitative estimate of drug-likeness (QED) is 0.715. The van der Waals surface area contributed by atoms with Gasteiger partial charge in [0, 0.05) is 30.1 Å². The van der Waals surface area contributed by atoms with Gasteiger partial charge in [0.2, 0.25) is 0 Å². The van der Waals surface area contributed by atoms with Crippen molar-refractivity contribution in [3.05, 3.63) is 54.5 Å². The van der Waals surface area contributed by atoms with Crippen LogP contribution in [0.2, 0.25) is 0 Å². The fourth-order valence-electron chi connectivity index (χ4n) is 2.34. The highest BCUT2D eigenvalue weighted by Crippen LogP contribution is 2.34. The first-order valence-corrected chi connectivity index (χ1v) is 7.76. The van der Waals surface area contributed by atoms with Crippen LogP contribution in [0.5, 0.6) is 11.5 Å². The highest BCUT2D eigenvalue weighted by molar-refractivity contribution is 5.68. The molecule has 0 spiro atoms. The van der Waals surface area contributed by atoms with Gasteiger partial charge in [-0.05, 0) is 24.3 Å². The molecule has 0 amide bonds. The third kappa shape index (κ3) is 4.25. The van der Waals surface area contributed by atoms with Crippen molar-refractivity contribution in [3.8, 4) is 22.9 Å². The highest BCUT2D eigenvalue weighted by Gasteiger charge is 2.34. The van der Waals surface area contributed by atoms with E-state index in [1.165, 1.54) is 38.7 Å². The standard InChI is InChI=1S/C18H15F3N4O2/c1-26-12-3-4-14(27-2)13(9-12)23-16-10-15(18(19,20)21)24-17(25-16)11-5-7-22-8-6-11/h3-10H,1-2H3,(H,23,24,25). The number of nitrogens with zero attached hydrogens (tertiary/aromatic N) is 3. The fraction of sp³-hybridized carbons (Fsp3) is 0.167. The van der Waals surface area contributed by atoms with Gasteiger partial charge in [-0.1, -0.05) is 0 Å². The lowest BCUT2D eigenvalue weighted by Gasteiger charge is -2.14. The normalized spacial score (nSPS) is 11.1. The fourth-order valence-corrected chi connectivity index (χ4v) is 2.34. The molecule has 3 rings (SSSR count). The third-order valence-corrected chi connectivity index (χ3v) is 3.62. The molecule has 27 heavy (non-hydrogen) atoms. The Morgan fingerprint density at radius 2 is 1.67 bits per heavy atom. The van der Waals surface area contributed by atoms with Crippen LogP contribution in [0, 0.1) is 0 Å². The van der Waals surface area contributed by atoms with Gasteiger partial charge in [-0.25, -0.2) is 9.97 Å². The van der Waals surface area contributed by atoms with Crippen molar-refractivity contribution < 1.29 is 22.6 Å². The molecule has 2 aromatic heterocycles. The number of anilines is 2. The maximum Gasteiger partial charge on any atom is 0.433 e. The molecular weight excluding hydrogens is 361 g/mol. The summed E-state index contributed by atoms with van der Waals surface area (Å²) in [6, 6.07) is 8.81. The monoisotopic (exact) mass is 376 g/mol. The molecule has 140 valence electrons. The largest absolute Gasteiger partial charge is 0.497 e. The molecule has 0 aliphatic rings. The number of ether oxygens (including phenoxy) is 2. The lowest BCUT2D eigenvalue weighted by Crippen LogP contribution is -2.11. The average molecular weight is 376 g/mol. The minimum absolute atomic E-state index is 0.0318. The number of hydrogen-bond acceptors (Lipinski definition) is 6. The summed E-state index contributed by atoms with van der Waals surface area (Å²) in [5.74, 6) is 0.832. The number of aromatic nitrogens is 3. The maximum absolute atomic E-state index is 13.3. The van der Waals surface area contributed by atoms with Gasteiger partial charge in [0.15, 0.2) is 11.5 Å². The molecule has 2 heterocycles. The van der Waals surface area contributed by atoms with Crippen LogP contribution < -0.4 is 14.8 Å². The van der Waals surface area contributed by atoms with Crippen LogP contribution in [0.4, 0.5) is 24.7 Å². The number of methoxy groups -OCH3 is 2. The van der Waals surface area contributed by atoms with Gasteiger partial charge in [-0.2, -0.15) is 13.2 Å². The first-order valence-electron chi connectivity index (χ1n) is 7.76. The van der Waals surface area contributed by atoms with E-state index >= 15 is 0 Å². The Balaban J connectivity index is 2.08. The van der Waals surface area contributed by atoms with Gasteiger partial charge in [0.25, 0.3) is 0 Å². The Labute approximate surface area is 153 Å². The molecule has 0 radical (unpaired) electrons. The Kier molecular flexibility index (Phi) is 5.11. The lowest BCUT2D eigenvalue weighted by atomic mass is 10.2. The molecule has 0 saturated carbocycles. The van der Waals surface area contributed by atoms with E-state index in [4.69, 9.17) is 9.47 Å². The predicted octanol–water partition coefficient (Wildman–Crippen LogP) is 4.32. The molecule has 1 aromatic carbocycles. The van der Waals surface area contributed by atoms with E-state index in [0.29, 0.717) is 22.7 Å². The van der Waals surface area contributed by atoms with Crippen molar-refractivity contribution >= 4 is 11.5 Å². The number of halogens is 3. The SMILES string of the molecule is COc1ccc(OC)c(Nc2cc(C(F)(F)F)nc(-c3ccncc3)n2)c1. The second-order valence-corrected chi connectivity index (χ2v) is 5.39. The summed E-state index contributed by atoms with van der Waals surface area (Å²) in [6.45, 7) is 0. The first-order chi connectivity index (χ1) is 12.9. The minimum atomic E-state index is -4.63. The van der Waals surface area contributed by atoms with Gasteiger partial charge in [-0.15, -0.1) is 0 Å². The summed E-state index contributed by atoms with van der Waals surface area (Å²) in [5.41, 5.74) is -0.241. The summed E-state index contributed by atoms with van der Waals surface area (Å²) in [4.78, 5) is 11.7. The van der Waals surface area contributed by atoms with Crippen LogP contribution in [0.3, 0.4) is 0 Å². The third-order valence-electron chi connectivity index (χ3n) is 3.62. The molecule has 6 nitrogen and oxygen atoms in total. The van der Waals surface area contributed by atoms with Crippen molar-refractivity contribution in [3.63, 3.8) is 0 Å². The van der Waals surface area contributed by atoms with Crippen molar-refractivity contribution in [2.75, 3.05) is 19.5 Å². The topological polar surface area (TPSA) is 69.2 Å². The van der Waals surface area contributed by atoms with Crippen LogP contribution in [-0.4, -0.2) is 29.2 Å². The number of pyridine rings is 1. The minimum Gasteiger partial charge on any atom is -0.497 e. The smallest absolute Gasteiger partial charge is 0.433 e. The van der Waals surface area contributed by atoms with Crippen molar-refractivity contribution in [1.82, 2.24) is 15.0 Å². The van der Waals surface area contributed by atoms with Crippen molar-refractivity contribution in [2.24, 2.45) is 0 Å². The molecule has 3 aromatic rings. The number of rotatable bonds is 5. The number of alkyl halides is 3. The average Bonchev–Trinajstić information content (AvgIpc) is 2.67. The van der Waals surface area contributed by atoms with Crippen LogP contribution in [0.15, 0.2) is 48.8 Å². The molecule has 0 bridgehead atoms. The molecule has 0 fully saturated rings. The van der Waals surface area contributed by atoms with E-state index in [-0.39, 0.29) is 11.6 Å². The van der Waals surface area contributed by atoms with Gasteiger partial charge < -0.3 is 14.8 Å². The van der Waals surface area contributed by atoms with Crippen LogP contribution >= 0.6 is 0 Å². The summed E-state index contributed by atoms with van der Waals surface area (Å²) in [6.07, 6.45) is -1.71. The highest BCUT2D eigenvalue weighted by atomic mass is 19.4. The molecular formula is C18H15F3N4O2. The van der Waals surface area contributed by atoms with Crippen LogP contribution in [-0.2, 0) is 6.18 Å². The Morgan fingerprint density at radius 1 is 0.926 bits per heavy atom. The number of benzene rings is 1. The van der Waals surface area contributed by atoms with E-state index in [1.54, 1.807) is 18.2 Å². The summed E-state index contributed by atoms with van der Waals surface area (Å²) < 4.78 is 50.3. The number of nitrogens with one attached hydrogen (secondary N) is 1. The molecule has 9 heteroatoms. The van der Waals surface area contributed by atoms with Gasteiger partial charge >= 0.3 is 6.18 Å². The summed E-state index contributed by atoms with van der Waals surface area (Å²) in [7, 11) is 2.94. The second-order valence-electron chi connectivity index (χ2n) is 5.39. The van der Waals surface area contributed by atoms with Gasteiger partial charge in [-0.3, -0.25) is 4.98 Å². The Morgan fingerprint density at radius 3 is 2.30 bits per heavy atom. The second kappa shape index (κ2) is 7.48. The zero-order chi connectivity index (χ0) is 19.4. The maximum atomic E-state index is 13.3. The molecule has 0 atom stereocenters. The number of hydrogen-bond donors (Lipinski definition) is 1. The zero-order valence-corrected chi connectivity index (χ0v) is 14.4. The Bertz CT molecular complexity index is 934.